The SMILES string of the molecule is Cc1nnc(-c2ccc(N3CCN(c4ncc(CO)c(C(F)(F)F)n4)[C@H](C(C)C)C3)cc2S(C)(=O)=O)o1. The average Bonchev–Trinajstić information content (AvgIpc) is 3.28. The number of aryl methyl sites for hydroxylation is 1. The third-order valence-corrected chi connectivity index (χ3v) is 7.36. The molecule has 3 aromatic rings. The lowest BCUT2D eigenvalue weighted by Gasteiger charge is -2.44. The number of aliphatic hydroxyl groups excluding tert-OH is 1. The third-order valence-electron chi connectivity index (χ3n) is 6.22. The lowest BCUT2D eigenvalue weighted by Crippen LogP contribution is -2.56. The van der Waals surface area contributed by atoms with Crippen LogP contribution in [0.25, 0.3) is 11.5 Å². The van der Waals surface area contributed by atoms with Crippen LogP contribution in [-0.2, 0) is 22.6 Å². The number of alkyl halides is 3. The number of halogens is 3. The standard InChI is InChI=1S/C23H27F3N6O4S/c1-13(2)18-11-31(7-8-32(18)22-27-10-15(12-33)20(28-22)23(24,25)26)16-5-6-17(19(9-16)37(4,34)35)21-30-29-14(3)36-21/h5-6,9-10,13,18,33H,7-8,11-12H2,1-4H3/t18-/m0/s1. The lowest BCUT2D eigenvalue weighted by molar-refractivity contribution is -0.142. The maximum absolute atomic E-state index is 13.5. The van der Waals surface area contributed by atoms with Crippen LogP contribution in [0.1, 0.15) is 31.0 Å². The Morgan fingerprint density at radius 2 is 1.95 bits per heavy atom. The van der Waals surface area contributed by atoms with Gasteiger partial charge in [0, 0.05) is 50.3 Å². The molecule has 1 aliphatic heterocycles. The van der Waals surface area contributed by atoms with Gasteiger partial charge in [-0.15, -0.1) is 10.2 Å². The van der Waals surface area contributed by atoms with Crippen LogP contribution >= 0.6 is 0 Å². The molecule has 1 aliphatic rings. The molecule has 200 valence electrons. The van der Waals surface area contributed by atoms with E-state index in [2.05, 4.69) is 20.2 Å². The van der Waals surface area contributed by atoms with E-state index in [4.69, 9.17) is 4.42 Å². The van der Waals surface area contributed by atoms with Gasteiger partial charge in [0.25, 0.3) is 0 Å². The summed E-state index contributed by atoms with van der Waals surface area (Å²) in [5.41, 5.74) is -0.614. The van der Waals surface area contributed by atoms with Gasteiger partial charge < -0.3 is 19.3 Å². The predicted octanol–water partition coefficient (Wildman–Crippen LogP) is 3.10. The van der Waals surface area contributed by atoms with E-state index in [1.165, 1.54) is 0 Å². The van der Waals surface area contributed by atoms with Crippen LogP contribution in [0.3, 0.4) is 0 Å². The first-order valence-electron chi connectivity index (χ1n) is 11.5. The number of hydrogen-bond acceptors (Lipinski definition) is 10. The highest BCUT2D eigenvalue weighted by Gasteiger charge is 2.38. The van der Waals surface area contributed by atoms with Crippen molar-refractivity contribution in [3.8, 4) is 11.5 Å². The molecule has 0 saturated carbocycles. The van der Waals surface area contributed by atoms with Crippen molar-refractivity contribution in [3.05, 3.63) is 41.5 Å². The number of nitrogens with zero attached hydrogens (tertiary/aromatic N) is 6. The molecule has 0 amide bonds. The Labute approximate surface area is 212 Å². The first kappa shape index (κ1) is 26.8. The minimum atomic E-state index is -4.73. The lowest BCUT2D eigenvalue weighted by atomic mass is 9.99. The first-order valence-corrected chi connectivity index (χ1v) is 13.4. The van der Waals surface area contributed by atoms with Gasteiger partial charge >= 0.3 is 6.18 Å². The maximum atomic E-state index is 13.5. The Morgan fingerprint density at radius 3 is 2.51 bits per heavy atom. The molecule has 1 saturated heterocycles. The summed E-state index contributed by atoms with van der Waals surface area (Å²) in [7, 11) is -3.65. The number of anilines is 2. The van der Waals surface area contributed by atoms with E-state index in [1.54, 1.807) is 30.0 Å². The van der Waals surface area contributed by atoms with Crippen LogP contribution in [0.15, 0.2) is 33.7 Å². The van der Waals surface area contributed by atoms with Gasteiger partial charge in [0.2, 0.25) is 17.7 Å². The molecule has 1 aromatic carbocycles. The fraction of sp³-hybridized carbons (Fsp3) is 0.478. The summed E-state index contributed by atoms with van der Waals surface area (Å²) in [4.78, 5) is 11.6. The summed E-state index contributed by atoms with van der Waals surface area (Å²) in [5, 5.41) is 17.0. The van der Waals surface area contributed by atoms with Gasteiger partial charge in [0.1, 0.15) is 0 Å². The van der Waals surface area contributed by atoms with Gasteiger partial charge in [-0.25, -0.2) is 18.4 Å². The van der Waals surface area contributed by atoms with Crippen molar-refractivity contribution in [2.24, 2.45) is 5.92 Å². The number of piperazine rings is 1. The van der Waals surface area contributed by atoms with Gasteiger partial charge in [-0.1, -0.05) is 13.8 Å². The molecule has 0 unspecified atom stereocenters. The Bertz CT molecular complexity index is 1390. The normalized spacial score (nSPS) is 17.1. The van der Waals surface area contributed by atoms with Crippen molar-refractivity contribution in [1.29, 1.82) is 0 Å². The van der Waals surface area contributed by atoms with Gasteiger partial charge in [0.05, 0.1) is 23.1 Å². The van der Waals surface area contributed by atoms with Gasteiger partial charge in [0.15, 0.2) is 15.5 Å². The summed E-state index contributed by atoms with van der Waals surface area (Å²) in [6.07, 6.45) is -2.63. The number of aromatic nitrogens is 4. The quantitative estimate of drug-likeness (QED) is 0.499. The van der Waals surface area contributed by atoms with Gasteiger partial charge in [-0.2, -0.15) is 13.2 Å². The highest BCUT2D eigenvalue weighted by Crippen LogP contribution is 2.34. The van der Waals surface area contributed by atoms with E-state index >= 15 is 0 Å². The molecule has 4 rings (SSSR count). The van der Waals surface area contributed by atoms with Crippen molar-refractivity contribution < 1.29 is 31.1 Å². The number of hydrogen-bond donors (Lipinski definition) is 1. The fourth-order valence-corrected chi connectivity index (χ4v) is 5.25. The minimum absolute atomic E-state index is 0.00766. The average molecular weight is 541 g/mol. The second kappa shape index (κ2) is 9.89. The Balaban J connectivity index is 1.67. The smallest absolute Gasteiger partial charge is 0.421 e. The zero-order valence-electron chi connectivity index (χ0n) is 20.7. The first-order chi connectivity index (χ1) is 17.3. The van der Waals surface area contributed by atoms with E-state index in [1.807, 2.05) is 18.7 Å². The number of rotatable bonds is 6. The van der Waals surface area contributed by atoms with Crippen LogP contribution in [-0.4, -0.2) is 65.6 Å². The van der Waals surface area contributed by atoms with Crippen LogP contribution in [0.2, 0.25) is 0 Å². The summed E-state index contributed by atoms with van der Waals surface area (Å²) < 4.78 is 71.2. The van der Waals surface area contributed by atoms with E-state index < -0.39 is 28.3 Å². The molecule has 0 bridgehead atoms. The highest BCUT2D eigenvalue weighted by molar-refractivity contribution is 7.90. The molecule has 14 heteroatoms. The molecular formula is C23H27F3N6O4S. The van der Waals surface area contributed by atoms with E-state index in [0.29, 0.717) is 36.8 Å². The van der Waals surface area contributed by atoms with Crippen LogP contribution in [0, 0.1) is 12.8 Å². The summed E-state index contributed by atoms with van der Waals surface area (Å²) in [6.45, 7) is 5.75. The highest BCUT2D eigenvalue weighted by atomic mass is 32.2. The van der Waals surface area contributed by atoms with E-state index in [-0.39, 0.29) is 34.3 Å². The summed E-state index contributed by atoms with van der Waals surface area (Å²) >= 11 is 0. The number of benzene rings is 1. The molecular weight excluding hydrogens is 513 g/mol. The monoisotopic (exact) mass is 540 g/mol. The molecule has 3 heterocycles. The van der Waals surface area contributed by atoms with Gasteiger partial charge in [-0.3, -0.25) is 0 Å². The van der Waals surface area contributed by atoms with Crippen molar-refractivity contribution in [2.45, 2.75) is 44.5 Å². The molecule has 0 spiro atoms. The number of aliphatic hydroxyl groups is 1. The van der Waals surface area contributed by atoms with Crippen molar-refractivity contribution in [3.63, 3.8) is 0 Å². The molecule has 2 aromatic heterocycles. The van der Waals surface area contributed by atoms with Crippen molar-refractivity contribution >= 4 is 21.5 Å². The Morgan fingerprint density at radius 1 is 1.22 bits per heavy atom. The summed E-state index contributed by atoms with van der Waals surface area (Å²) in [5.74, 6) is 0.339. The Kier molecular flexibility index (Phi) is 7.16. The number of sulfone groups is 1. The fourth-order valence-electron chi connectivity index (χ4n) is 4.36. The second-order valence-corrected chi connectivity index (χ2v) is 11.2. The maximum Gasteiger partial charge on any atom is 0.433 e. The van der Waals surface area contributed by atoms with Crippen LogP contribution in [0.5, 0.6) is 0 Å². The third kappa shape index (κ3) is 5.54. The molecule has 37 heavy (non-hydrogen) atoms. The van der Waals surface area contributed by atoms with Gasteiger partial charge in [-0.05, 0) is 24.1 Å². The second-order valence-electron chi connectivity index (χ2n) is 9.23. The molecule has 0 radical (unpaired) electrons. The zero-order valence-corrected chi connectivity index (χ0v) is 21.5. The van der Waals surface area contributed by atoms with Crippen molar-refractivity contribution in [2.75, 3.05) is 35.7 Å². The molecule has 1 atom stereocenters. The zero-order chi connectivity index (χ0) is 27.1. The molecule has 1 fully saturated rings. The predicted molar refractivity (Wildman–Crippen MR) is 129 cm³/mol. The topological polar surface area (TPSA) is 126 Å². The molecule has 10 nitrogen and oxygen atoms in total. The van der Waals surface area contributed by atoms with E-state index in [9.17, 15) is 26.7 Å². The van der Waals surface area contributed by atoms with E-state index in [0.717, 1.165) is 12.5 Å². The Hall–Kier alpha value is -3.26. The largest absolute Gasteiger partial charge is 0.433 e. The van der Waals surface area contributed by atoms with Crippen LogP contribution < -0.4 is 9.80 Å². The van der Waals surface area contributed by atoms with Crippen LogP contribution in [0.4, 0.5) is 24.8 Å². The summed E-state index contributed by atoms with van der Waals surface area (Å²) in [6, 6.07) is 4.65. The van der Waals surface area contributed by atoms with Crippen molar-refractivity contribution in [1.82, 2.24) is 20.2 Å². The molecule has 0 aliphatic carbocycles. The molecule has 1 N–H and O–H groups in total. The minimum Gasteiger partial charge on any atom is -0.421 e.